The molecule has 1 aliphatic rings. The van der Waals surface area contributed by atoms with Crippen molar-refractivity contribution in [3.8, 4) is 11.4 Å². The smallest absolute Gasteiger partial charge is 0.338 e. The lowest BCUT2D eigenvalue weighted by Gasteiger charge is -2.22. The van der Waals surface area contributed by atoms with Crippen molar-refractivity contribution in [3.63, 3.8) is 0 Å². The maximum atomic E-state index is 13.2. The molecule has 3 aromatic rings. The Bertz CT molecular complexity index is 1140. The number of fused-ring (bicyclic) bond motifs is 1. The Morgan fingerprint density at radius 3 is 2.58 bits per heavy atom. The number of ether oxygens (including phenoxy) is 1. The summed E-state index contributed by atoms with van der Waals surface area (Å²) in [6, 6.07) is 10.9. The highest BCUT2D eigenvalue weighted by molar-refractivity contribution is 6.01. The molecule has 158 valence electrons. The van der Waals surface area contributed by atoms with Gasteiger partial charge in [0.2, 0.25) is 17.8 Å². The van der Waals surface area contributed by atoms with Crippen LogP contribution in [0.4, 0.5) is 16.0 Å². The van der Waals surface area contributed by atoms with Crippen LogP contribution in [0.1, 0.15) is 29.7 Å². The molecule has 1 atom stereocenters. The zero-order valence-electron chi connectivity index (χ0n) is 16.5. The average Bonchev–Trinajstić information content (AvgIpc) is 3.18. The van der Waals surface area contributed by atoms with Gasteiger partial charge in [0.15, 0.2) is 5.82 Å². The first kappa shape index (κ1) is 20.2. The van der Waals surface area contributed by atoms with E-state index in [1.54, 1.807) is 19.1 Å². The number of carbonyl (C=O) groups excluding carboxylic acids is 3. The summed E-state index contributed by atoms with van der Waals surface area (Å²) in [5.41, 5.74) is 1.36. The Kier molecular flexibility index (Phi) is 5.44. The first-order chi connectivity index (χ1) is 14.9. The first-order valence-corrected chi connectivity index (χ1v) is 9.55. The van der Waals surface area contributed by atoms with Crippen molar-refractivity contribution in [2.24, 2.45) is 0 Å². The molecule has 1 unspecified atom stereocenters. The van der Waals surface area contributed by atoms with Gasteiger partial charge in [0.1, 0.15) is 11.9 Å². The molecule has 31 heavy (non-hydrogen) atoms. The maximum absolute atomic E-state index is 13.2. The molecule has 2 N–H and O–H groups in total. The van der Waals surface area contributed by atoms with E-state index < -0.39 is 23.7 Å². The molecule has 1 aliphatic heterocycles. The van der Waals surface area contributed by atoms with Crippen LogP contribution in [0, 0.1) is 5.82 Å². The van der Waals surface area contributed by atoms with Gasteiger partial charge >= 0.3 is 5.97 Å². The summed E-state index contributed by atoms with van der Waals surface area (Å²) in [4.78, 5) is 41.0. The molecule has 10 heteroatoms. The number of benzene rings is 2. The van der Waals surface area contributed by atoms with Gasteiger partial charge in [0, 0.05) is 11.3 Å². The van der Waals surface area contributed by atoms with Crippen LogP contribution >= 0.6 is 0 Å². The van der Waals surface area contributed by atoms with Crippen molar-refractivity contribution in [1.82, 2.24) is 14.8 Å². The Morgan fingerprint density at radius 2 is 1.90 bits per heavy atom. The van der Waals surface area contributed by atoms with Gasteiger partial charge < -0.3 is 10.1 Å². The molecule has 1 aromatic heterocycles. The number of carbonyl (C=O) groups is 3. The predicted molar refractivity (Wildman–Crippen MR) is 109 cm³/mol. The summed E-state index contributed by atoms with van der Waals surface area (Å²) in [5.74, 6) is -1.29. The lowest BCUT2D eigenvalue weighted by molar-refractivity contribution is -0.125. The number of nitrogens with one attached hydrogen (secondary N) is 2. The van der Waals surface area contributed by atoms with Crippen LogP contribution in [0.2, 0.25) is 0 Å². The van der Waals surface area contributed by atoms with E-state index in [1.807, 2.05) is 0 Å². The molecule has 0 saturated heterocycles. The minimum Gasteiger partial charge on any atom is -0.462 e. The maximum Gasteiger partial charge on any atom is 0.338 e. The number of anilines is 2. The highest BCUT2D eigenvalue weighted by Crippen LogP contribution is 2.27. The lowest BCUT2D eigenvalue weighted by Crippen LogP contribution is -2.36. The molecule has 0 radical (unpaired) electrons. The highest BCUT2D eigenvalue weighted by Gasteiger charge is 2.33. The number of amides is 2. The fourth-order valence-electron chi connectivity index (χ4n) is 3.12. The Morgan fingerprint density at radius 1 is 1.19 bits per heavy atom. The third-order valence-electron chi connectivity index (χ3n) is 4.63. The quantitative estimate of drug-likeness (QED) is 0.610. The summed E-state index contributed by atoms with van der Waals surface area (Å²) in [6.45, 7) is 1.98. The van der Waals surface area contributed by atoms with Gasteiger partial charge in [-0.15, -0.1) is 5.10 Å². The van der Waals surface area contributed by atoms with Crippen LogP contribution in [0.3, 0.4) is 0 Å². The molecule has 0 spiro atoms. The van der Waals surface area contributed by atoms with Gasteiger partial charge in [0.25, 0.3) is 0 Å². The highest BCUT2D eigenvalue weighted by atomic mass is 19.1. The van der Waals surface area contributed by atoms with Gasteiger partial charge in [-0.3, -0.25) is 14.9 Å². The van der Waals surface area contributed by atoms with E-state index in [2.05, 4.69) is 20.7 Å². The number of aromatic nitrogens is 3. The number of hydrogen-bond acceptors (Lipinski definition) is 6. The van der Waals surface area contributed by atoms with Crippen LogP contribution in [0.5, 0.6) is 0 Å². The van der Waals surface area contributed by atoms with Crippen LogP contribution in [-0.2, 0) is 14.3 Å². The van der Waals surface area contributed by atoms with Crippen LogP contribution in [0.15, 0.2) is 48.5 Å². The number of rotatable bonds is 5. The molecular weight excluding hydrogens is 405 g/mol. The molecule has 2 aromatic carbocycles. The molecule has 0 fully saturated rings. The zero-order valence-corrected chi connectivity index (χ0v) is 16.5. The minimum absolute atomic E-state index is 0.119. The molecule has 4 rings (SSSR count). The SMILES string of the molecule is CCOC(=O)c1ccc(NC(=O)C2CC(=O)Nc3nc(-c4ccc(F)cc4)nn32)cc1. The van der Waals surface area contributed by atoms with Gasteiger partial charge in [-0.2, -0.15) is 4.98 Å². The molecule has 2 heterocycles. The summed E-state index contributed by atoms with van der Waals surface area (Å²) < 4.78 is 19.4. The zero-order chi connectivity index (χ0) is 22.0. The van der Waals surface area contributed by atoms with Gasteiger partial charge in [-0.1, -0.05) is 0 Å². The fourth-order valence-corrected chi connectivity index (χ4v) is 3.12. The van der Waals surface area contributed by atoms with Crippen molar-refractivity contribution in [1.29, 1.82) is 0 Å². The topological polar surface area (TPSA) is 115 Å². The molecule has 0 aliphatic carbocycles. The molecule has 0 saturated carbocycles. The second kappa shape index (κ2) is 8.34. The van der Waals surface area contributed by atoms with Gasteiger partial charge in [-0.05, 0) is 55.5 Å². The Balaban J connectivity index is 1.55. The molecule has 9 nitrogen and oxygen atoms in total. The monoisotopic (exact) mass is 423 g/mol. The van der Waals surface area contributed by atoms with Crippen molar-refractivity contribution in [2.75, 3.05) is 17.2 Å². The molecular formula is C21H18FN5O4. The van der Waals surface area contributed by atoms with Gasteiger partial charge in [0.05, 0.1) is 18.6 Å². The van der Waals surface area contributed by atoms with E-state index >= 15 is 0 Å². The number of nitrogens with zero attached hydrogens (tertiary/aromatic N) is 3. The van der Waals surface area contributed by atoms with Crippen molar-refractivity contribution in [3.05, 3.63) is 59.9 Å². The first-order valence-electron chi connectivity index (χ1n) is 9.55. The lowest BCUT2D eigenvalue weighted by atomic mass is 10.1. The van der Waals surface area contributed by atoms with Crippen LogP contribution in [-0.4, -0.2) is 39.2 Å². The Hall–Kier alpha value is -4.08. The second-order valence-electron chi connectivity index (χ2n) is 6.77. The largest absolute Gasteiger partial charge is 0.462 e. The predicted octanol–water partition coefficient (Wildman–Crippen LogP) is 2.78. The Labute approximate surface area is 176 Å². The average molecular weight is 423 g/mol. The van der Waals surface area contributed by atoms with E-state index in [0.29, 0.717) is 16.8 Å². The van der Waals surface area contributed by atoms with E-state index in [1.165, 1.54) is 41.1 Å². The standard InChI is InChI=1S/C21H18FN5O4/c1-2-31-20(30)13-5-9-15(10-6-13)23-19(29)16-11-17(28)24-21-25-18(26-27(16)21)12-3-7-14(22)8-4-12/h3-10,16H,2,11H2,1H3,(H,23,29)(H,24,25,26,28). The summed E-state index contributed by atoms with van der Waals surface area (Å²) >= 11 is 0. The molecule has 2 amide bonds. The van der Waals surface area contributed by atoms with Crippen molar-refractivity contribution in [2.45, 2.75) is 19.4 Å². The van der Waals surface area contributed by atoms with Gasteiger partial charge in [-0.25, -0.2) is 13.9 Å². The third-order valence-corrected chi connectivity index (χ3v) is 4.63. The third kappa shape index (κ3) is 4.27. The van der Waals surface area contributed by atoms with Crippen molar-refractivity contribution >= 4 is 29.4 Å². The van der Waals surface area contributed by atoms with E-state index in [9.17, 15) is 18.8 Å². The van der Waals surface area contributed by atoms with Crippen LogP contribution in [0.25, 0.3) is 11.4 Å². The number of hydrogen-bond donors (Lipinski definition) is 2. The van der Waals surface area contributed by atoms with E-state index in [4.69, 9.17) is 4.74 Å². The summed E-state index contributed by atoms with van der Waals surface area (Å²) in [6.07, 6.45) is -0.119. The van der Waals surface area contributed by atoms with E-state index in [-0.39, 0.29) is 30.7 Å². The normalized spacial score (nSPS) is 15.0. The van der Waals surface area contributed by atoms with Crippen molar-refractivity contribution < 1.29 is 23.5 Å². The van der Waals surface area contributed by atoms with Crippen LogP contribution < -0.4 is 10.6 Å². The summed E-state index contributed by atoms with van der Waals surface area (Å²) in [5, 5.41) is 9.64. The molecule has 0 bridgehead atoms. The minimum atomic E-state index is -0.921. The second-order valence-corrected chi connectivity index (χ2v) is 6.77. The number of esters is 1. The summed E-state index contributed by atoms with van der Waals surface area (Å²) in [7, 11) is 0. The number of halogens is 1. The van der Waals surface area contributed by atoms with E-state index in [0.717, 1.165) is 0 Å². The fraction of sp³-hybridized carbons (Fsp3) is 0.190.